The largest absolute Gasteiger partial charge is 0.457 e. The summed E-state index contributed by atoms with van der Waals surface area (Å²) in [5.74, 6) is -0.418. The minimum absolute atomic E-state index is 0.0260. The first-order valence-electron chi connectivity index (χ1n) is 20.7. The molecular weight excluding hydrogens is 717 g/mol. The standard InChI is InChI=1S/C41H74O12S/c1-3-5-7-9-11-13-15-17-19-21-23-25-27-29-31-49-33-35(34-50-41-39(45)40(53-54(46,47)48)38(44)36(32-42)52-41)51-37(43)30-28-26-24-22-20-18-16-14-12-10-8-6-4-2/h8,10,13-16,35-36,38-42,44-45H,3-7,9,11-12,17-34H2,1-2H3,(H,46,47,48)/b10-8-,15-13-,16-14-. The fourth-order valence-corrected chi connectivity index (χ4v) is 6.56. The van der Waals surface area contributed by atoms with Crippen molar-refractivity contribution in [1.82, 2.24) is 0 Å². The van der Waals surface area contributed by atoms with Crippen molar-refractivity contribution in [2.24, 2.45) is 0 Å². The molecule has 0 aromatic rings. The highest BCUT2D eigenvalue weighted by Crippen LogP contribution is 2.26. The van der Waals surface area contributed by atoms with Crippen molar-refractivity contribution in [3.8, 4) is 0 Å². The van der Waals surface area contributed by atoms with Gasteiger partial charge in [0, 0.05) is 13.0 Å². The fourth-order valence-electron chi connectivity index (χ4n) is 6.06. The number of allylic oxidation sites excluding steroid dienone is 6. The predicted molar refractivity (Wildman–Crippen MR) is 211 cm³/mol. The van der Waals surface area contributed by atoms with Crippen LogP contribution in [0.2, 0.25) is 0 Å². The van der Waals surface area contributed by atoms with Crippen molar-refractivity contribution in [3.63, 3.8) is 0 Å². The van der Waals surface area contributed by atoms with Gasteiger partial charge in [0.05, 0.1) is 19.8 Å². The average molecular weight is 791 g/mol. The minimum Gasteiger partial charge on any atom is -0.457 e. The molecule has 1 aliphatic rings. The molecule has 4 N–H and O–H groups in total. The molecule has 1 aliphatic heterocycles. The number of carbonyl (C=O) groups excluding carboxylic acids is 1. The first-order chi connectivity index (χ1) is 26.1. The third-order valence-corrected chi connectivity index (χ3v) is 9.68. The summed E-state index contributed by atoms with van der Waals surface area (Å²) in [5.41, 5.74) is 0. The Morgan fingerprint density at radius 2 is 1.26 bits per heavy atom. The van der Waals surface area contributed by atoms with E-state index in [1.807, 2.05) is 0 Å². The molecule has 6 unspecified atom stereocenters. The smallest absolute Gasteiger partial charge is 0.397 e. The molecule has 0 aliphatic carbocycles. The number of aliphatic hydroxyl groups excluding tert-OH is 3. The summed E-state index contributed by atoms with van der Waals surface area (Å²) in [6.07, 6.45) is 27.5. The second-order valence-corrected chi connectivity index (χ2v) is 15.3. The zero-order chi connectivity index (χ0) is 39.7. The van der Waals surface area contributed by atoms with Crippen LogP contribution in [0.4, 0.5) is 0 Å². The maximum Gasteiger partial charge on any atom is 0.397 e. The Hall–Kier alpha value is -1.68. The van der Waals surface area contributed by atoms with Crippen LogP contribution >= 0.6 is 0 Å². The number of esters is 1. The number of ether oxygens (including phenoxy) is 4. The molecule has 54 heavy (non-hydrogen) atoms. The number of rotatable bonds is 35. The van der Waals surface area contributed by atoms with Gasteiger partial charge in [0.15, 0.2) is 6.29 Å². The third-order valence-electron chi connectivity index (χ3n) is 9.22. The Bertz CT molecular complexity index is 1100. The molecule has 13 heteroatoms. The van der Waals surface area contributed by atoms with Crippen molar-refractivity contribution < 1.29 is 56.2 Å². The molecule has 12 nitrogen and oxygen atoms in total. The Morgan fingerprint density at radius 1 is 0.704 bits per heavy atom. The molecule has 1 fully saturated rings. The van der Waals surface area contributed by atoms with E-state index in [-0.39, 0.29) is 19.6 Å². The van der Waals surface area contributed by atoms with Crippen LogP contribution in [0.5, 0.6) is 0 Å². The van der Waals surface area contributed by atoms with Crippen molar-refractivity contribution in [2.75, 3.05) is 26.4 Å². The molecular formula is C41H74O12S. The van der Waals surface area contributed by atoms with Crippen LogP contribution in [-0.4, -0.2) is 97.5 Å². The van der Waals surface area contributed by atoms with Gasteiger partial charge in [0.2, 0.25) is 0 Å². The molecule has 6 atom stereocenters. The van der Waals surface area contributed by atoms with Gasteiger partial charge in [0.25, 0.3) is 0 Å². The Morgan fingerprint density at radius 3 is 1.85 bits per heavy atom. The molecule has 1 heterocycles. The second-order valence-electron chi connectivity index (χ2n) is 14.2. The van der Waals surface area contributed by atoms with Gasteiger partial charge in [-0.1, -0.05) is 121 Å². The maximum atomic E-state index is 12.8. The van der Waals surface area contributed by atoms with Gasteiger partial charge in [-0.25, -0.2) is 4.18 Å². The van der Waals surface area contributed by atoms with E-state index in [1.165, 1.54) is 57.8 Å². The number of carbonyl (C=O) groups is 1. The number of aliphatic hydroxyl groups is 3. The summed E-state index contributed by atoms with van der Waals surface area (Å²) in [7, 11) is -5.06. The highest BCUT2D eigenvalue weighted by atomic mass is 32.3. The molecule has 0 saturated carbocycles. The molecule has 0 radical (unpaired) electrons. The van der Waals surface area contributed by atoms with Crippen LogP contribution in [0.3, 0.4) is 0 Å². The zero-order valence-corrected chi connectivity index (χ0v) is 34.1. The van der Waals surface area contributed by atoms with Crippen molar-refractivity contribution in [2.45, 2.75) is 192 Å². The molecule has 1 rings (SSSR count). The molecule has 0 amide bonds. The summed E-state index contributed by atoms with van der Waals surface area (Å²) < 4.78 is 58.9. The monoisotopic (exact) mass is 790 g/mol. The molecule has 0 aromatic heterocycles. The van der Waals surface area contributed by atoms with Crippen molar-refractivity contribution in [3.05, 3.63) is 36.5 Å². The van der Waals surface area contributed by atoms with E-state index < -0.39 is 59.8 Å². The first-order valence-corrected chi connectivity index (χ1v) is 22.1. The Kier molecular flexibility index (Phi) is 31.2. The van der Waals surface area contributed by atoms with E-state index in [0.717, 1.165) is 70.6 Å². The van der Waals surface area contributed by atoms with Crippen LogP contribution < -0.4 is 0 Å². The lowest BCUT2D eigenvalue weighted by Gasteiger charge is -2.41. The van der Waals surface area contributed by atoms with E-state index >= 15 is 0 Å². The zero-order valence-electron chi connectivity index (χ0n) is 33.3. The molecule has 0 spiro atoms. The van der Waals surface area contributed by atoms with Crippen molar-refractivity contribution in [1.29, 1.82) is 0 Å². The van der Waals surface area contributed by atoms with E-state index in [2.05, 4.69) is 54.5 Å². The molecule has 0 bridgehead atoms. The number of hydrogen-bond donors (Lipinski definition) is 4. The second kappa shape index (κ2) is 33.5. The molecule has 0 aromatic carbocycles. The lowest BCUT2D eigenvalue weighted by molar-refractivity contribution is -0.301. The first kappa shape index (κ1) is 50.3. The van der Waals surface area contributed by atoms with Gasteiger partial charge in [-0.2, -0.15) is 8.42 Å². The summed E-state index contributed by atoms with van der Waals surface area (Å²) in [6.45, 7) is 3.86. The predicted octanol–water partition coefficient (Wildman–Crippen LogP) is 7.85. The molecule has 1 saturated heterocycles. The van der Waals surface area contributed by atoms with E-state index in [0.29, 0.717) is 13.0 Å². The van der Waals surface area contributed by atoms with Gasteiger partial charge >= 0.3 is 16.4 Å². The number of hydrogen-bond acceptors (Lipinski definition) is 11. The normalized spacial score (nSPS) is 21.5. The van der Waals surface area contributed by atoms with Gasteiger partial charge in [-0.3, -0.25) is 9.35 Å². The van der Waals surface area contributed by atoms with Crippen LogP contribution in [-0.2, 0) is 38.3 Å². The maximum absolute atomic E-state index is 12.8. The van der Waals surface area contributed by atoms with Crippen LogP contribution in [0.15, 0.2) is 36.5 Å². The Balaban J connectivity index is 2.49. The van der Waals surface area contributed by atoms with Crippen LogP contribution in [0.1, 0.15) is 155 Å². The Labute approximate surface area is 326 Å². The third kappa shape index (κ3) is 27.0. The highest BCUT2D eigenvalue weighted by Gasteiger charge is 2.48. The minimum atomic E-state index is -5.06. The summed E-state index contributed by atoms with van der Waals surface area (Å²) in [5, 5.41) is 30.6. The van der Waals surface area contributed by atoms with E-state index in [4.69, 9.17) is 23.5 Å². The highest BCUT2D eigenvalue weighted by molar-refractivity contribution is 7.80. The van der Waals surface area contributed by atoms with Gasteiger partial charge in [-0.05, 0) is 64.2 Å². The topological polar surface area (TPSA) is 178 Å². The van der Waals surface area contributed by atoms with Gasteiger partial charge in [-0.15, -0.1) is 0 Å². The summed E-state index contributed by atoms with van der Waals surface area (Å²) in [4.78, 5) is 12.8. The van der Waals surface area contributed by atoms with Crippen LogP contribution in [0.25, 0.3) is 0 Å². The number of unbranched alkanes of at least 4 members (excludes halogenated alkanes) is 16. The van der Waals surface area contributed by atoms with Crippen LogP contribution in [0, 0.1) is 0 Å². The lowest BCUT2D eigenvalue weighted by Crippen LogP contribution is -2.60. The van der Waals surface area contributed by atoms with Gasteiger partial charge < -0.3 is 34.3 Å². The fraction of sp³-hybridized carbons (Fsp3) is 0.829. The summed E-state index contributed by atoms with van der Waals surface area (Å²) >= 11 is 0. The van der Waals surface area contributed by atoms with E-state index in [9.17, 15) is 28.5 Å². The average Bonchev–Trinajstić information content (AvgIpc) is 3.14. The van der Waals surface area contributed by atoms with Gasteiger partial charge in [0.1, 0.15) is 30.5 Å². The SMILES string of the molecule is CCC/C=C\C/C=C\CCCCCCCC(=O)OC(COCCCCCCCC/C=C\CCCCCC)COC1OC(CO)C(O)C(OS(=O)(=O)O)C1O. The quantitative estimate of drug-likeness (QED) is 0.0212. The summed E-state index contributed by atoms with van der Waals surface area (Å²) in [6, 6.07) is 0. The van der Waals surface area contributed by atoms with Crippen molar-refractivity contribution >= 4 is 16.4 Å². The molecule has 316 valence electrons. The van der Waals surface area contributed by atoms with E-state index in [1.54, 1.807) is 0 Å². The lowest BCUT2D eigenvalue weighted by atomic mass is 9.99.